The van der Waals surface area contributed by atoms with E-state index in [1.54, 1.807) is 24.3 Å². The van der Waals surface area contributed by atoms with Crippen molar-refractivity contribution in [3.63, 3.8) is 0 Å². The van der Waals surface area contributed by atoms with Crippen molar-refractivity contribution in [3.05, 3.63) is 65.2 Å². The molecule has 3 N–H and O–H groups in total. The van der Waals surface area contributed by atoms with Crippen LogP contribution in [0.15, 0.2) is 48.5 Å². The molecule has 2 rings (SSSR count). The van der Waals surface area contributed by atoms with Crippen LogP contribution in [-0.2, 0) is 20.9 Å². The van der Waals surface area contributed by atoms with Crippen molar-refractivity contribution >= 4 is 23.4 Å². The Kier molecular flexibility index (Phi) is 8.85. The summed E-state index contributed by atoms with van der Waals surface area (Å²) in [4.78, 5) is 36.7. The van der Waals surface area contributed by atoms with Gasteiger partial charge < -0.3 is 20.7 Å². The molecule has 7 heteroatoms. The van der Waals surface area contributed by atoms with Gasteiger partial charge in [0.1, 0.15) is 0 Å². The van der Waals surface area contributed by atoms with Crippen molar-refractivity contribution in [2.75, 3.05) is 25.1 Å². The zero-order valence-corrected chi connectivity index (χ0v) is 16.8. The fourth-order valence-electron chi connectivity index (χ4n) is 2.65. The van der Waals surface area contributed by atoms with Crippen molar-refractivity contribution in [1.82, 2.24) is 10.6 Å². The maximum absolute atomic E-state index is 12.6. The molecule has 0 aliphatic carbocycles. The van der Waals surface area contributed by atoms with Gasteiger partial charge in [0.15, 0.2) is 0 Å². The minimum Gasteiger partial charge on any atom is -0.382 e. The molecule has 3 amide bonds. The van der Waals surface area contributed by atoms with Gasteiger partial charge in [0.05, 0.1) is 11.3 Å². The fourth-order valence-corrected chi connectivity index (χ4v) is 2.65. The van der Waals surface area contributed by atoms with E-state index >= 15 is 0 Å². The van der Waals surface area contributed by atoms with E-state index in [-0.39, 0.29) is 11.6 Å². The molecular weight excluding hydrogens is 370 g/mol. The van der Waals surface area contributed by atoms with Crippen molar-refractivity contribution in [2.24, 2.45) is 0 Å². The Morgan fingerprint density at radius 1 is 0.931 bits per heavy atom. The summed E-state index contributed by atoms with van der Waals surface area (Å²) in [6.45, 7) is 5.70. The molecule has 0 atom stereocenters. The second kappa shape index (κ2) is 11.6. The molecule has 154 valence electrons. The molecule has 2 aromatic rings. The molecule has 0 unspecified atom stereocenters. The summed E-state index contributed by atoms with van der Waals surface area (Å²) >= 11 is 0. The van der Waals surface area contributed by atoms with Crippen LogP contribution in [-0.4, -0.2) is 37.5 Å². The Labute approximate surface area is 170 Å². The molecule has 0 spiro atoms. The smallest absolute Gasteiger partial charge is 0.313 e. The van der Waals surface area contributed by atoms with Crippen LogP contribution >= 0.6 is 0 Å². The molecule has 0 bridgehead atoms. The molecule has 29 heavy (non-hydrogen) atoms. The first-order valence-electron chi connectivity index (χ1n) is 9.61. The first kappa shape index (κ1) is 22.1. The number of amides is 3. The number of hydrogen-bond acceptors (Lipinski definition) is 4. The monoisotopic (exact) mass is 397 g/mol. The lowest BCUT2D eigenvalue weighted by Gasteiger charge is -2.12. The van der Waals surface area contributed by atoms with Gasteiger partial charge in [0.25, 0.3) is 5.91 Å². The van der Waals surface area contributed by atoms with Gasteiger partial charge in [-0.15, -0.1) is 0 Å². The van der Waals surface area contributed by atoms with Crippen LogP contribution in [0.3, 0.4) is 0 Å². The molecule has 0 aromatic heterocycles. The Hall–Kier alpha value is -3.19. The van der Waals surface area contributed by atoms with Crippen molar-refractivity contribution in [3.8, 4) is 0 Å². The lowest BCUT2D eigenvalue weighted by molar-refractivity contribution is -0.136. The topological polar surface area (TPSA) is 96.5 Å². The molecular formula is C22H27N3O4. The van der Waals surface area contributed by atoms with Crippen molar-refractivity contribution in [1.29, 1.82) is 0 Å². The minimum absolute atomic E-state index is 0.282. The van der Waals surface area contributed by atoms with E-state index in [4.69, 9.17) is 4.74 Å². The highest BCUT2D eigenvalue weighted by molar-refractivity contribution is 6.40. The lowest BCUT2D eigenvalue weighted by Crippen LogP contribution is -2.36. The molecule has 7 nitrogen and oxygen atoms in total. The highest BCUT2D eigenvalue weighted by atomic mass is 16.5. The van der Waals surface area contributed by atoms with Crippen molar-refractivity contribution < 1.29 is 19.1 Å². The number of carbonyl (C=O) groups is 3. The van der Waals surface area contributed by atoms with Crippen LogP contribution < -0.4 is 16.0 Å². The Morgan fingerprint density at radius 3 is 2.41 bits per heavy atom. The van der Waals surface area contributed by atoms with E-state index in [1.165, 1.54) is 0 Å². The van der Waals surface area contributed by atoms with Crippen LogP contribution in [0.4, 0.5) is 5.69 Å². The van der Waals surface area contributed by atoms with Gasteiger partial charge in [-0.25, -0.2) is 0 Å². The second-order valence-electron chi connectivity index (χ2n) is 6.42. The number of aryl methyl sites for hydroxylation is 1. The number of ether oxygens (including phenoxy) is 1. The quantitative estimate of drug-likeness (QED) is 0.447. The van der Waals surface area contributed by atoms with E-state index in [9.17, 15) is 14.4 Å². The van der Waals surface area contributed by atoms with Crippen LogP contribution in [0, 0.1) is 6.92 Å². The van der Waals surface area contributed by atoms with Gasteiger partial charge in [0, 0.05) is 26.3 Å². The standard InChI is InChI=1S/C22H27N3O4/c1-3-29-14-8-13-23-21(27)22(28)25-19-12-7-6-11-18(19)20(26)24-15-17-10-5-4-9-16(17)2/h4-7,9-12H,3,8,13-15H2,1-2H3,(H,23,27)(H,24,26)(H,25,28). The number of carbonyl (C=O) groups excluding carboxylic acids is 3. The van der Waals surface area contributed by atoms with E-state index in [1.807, 2.05) is 38.1 Å². The maximum Gasteiger partial charge on any atom is 0.313 e. The predicted molar refractivity (Wildman–Crippen MR) is 112 cm³/mol. The van der Waals surface area contributed by atoms with E-state index in [0.717, 1.165) is 11.1 Å². The summed E-state index contributed by atoms with van der Waals surface area (Å²) in [5, 5.41) is 7.89. The van der Waals surface area contributed by atoms with E-state index in [2.05, 4.69) is 16.0 Å². The molecule has 0 radical (unpaired) electrons. The summed E-state index contributed by atoms with van der Waals surface area (Å²) in [5.41, 5.74) is 2.66. The van der Waals surface area contributed by atoms with Gasteiger partial charge in [-0.05, 0) is 43.5 Å². The zero-order valence-electron chi connectivity index (χ0n) is 16.8. The van der Waals surface area contributed by atoms with Gasteiger partial charge in [-0.1, -0.05) is 36.4 Å². The number of benzene rings is 2. The lowest BCUT2D eigenvalue weighted by atomic mass is 10.1. The van der Waals surface area contributed by atoms with Gasteiger partial charge in [0.2, 0.25) is 0 Å². The summed E-state index contributed by atoms with van der Waals surface area (Å²) in [7, 11) is 0. The molecule has 0 heterocycles. The molecule has 0 aliphatic heterocycles. The first-order valence-corrected chi connectivity index (χ1v) is 9.61. The summed E-state index contributed by atoms with van der Waals surface area (Å²) in [5.74, 6) is -1.90. The first-order chi connectivity index (χ1) is 14.0. The van der Waals surface area contributed by atoms with Crippen LogP contribution in [0.2, 0.25) is 0 Å². The third kappa shape index (κ3) is 7.04. The Morgan fingerprint density at radius 2 is 1.66 bits per heavy atom. The average molecular weight is 397 g/mol. The van der Waals surface area contributed by atoms with Crippen molar-refractivity contribution in [2.45, 2.75) is 26.8 Å². The van der Waals surface area contributed by atoms with E-state index in [0.29, 0.717) is 38.3 Å². The minimum atomic E-state index is -0.819. The number of para-hydroxylation sites is 1. The second-order valence-corrected chi connectivity index (χ2v) is 6.42. The Balaban J connectivity index is 1.93. The number of rotatable bonds is 9. The van der Waals surface area contributed by atoms with E-state index < -0.39 is 11.8 Å². The highest BCUT2D eigenvalue weighted by Crippen LogP contribution is 2.15. The van der Waals surface area contributed by atoms with Gasteiger partial charge in [-0.2, -0.15) is 0 Å². The molecule has 0 saturated carbocycles. The molecule has 2 aromatic carbocycles. The predicted octanol–water partition coefficient (Wildman–Crippen LogP) is 2.41. The third-order valence-corrected chi connectivity index (χ3v) is 4.28. The number of nitrogens with one attached hydrogen (secondary N) is 3. The fraction of sp³-hybridized carbons (Fsp3) is 0.318. The van der Waals surface area contributed by atoms with Crippen LogP contribution in [0.1, 0.15) is 34.8 Å². The summed E-state index contributed by atoms with van der Waals surface area (Å²) in [6, 6.07) is 14.3. The number of hydrogen-bond donors (Lipinski definition) is 3. The summed E-state index contributed by atoms with van der Waals surface area (Å²) < 4.78 is 5.18. The van der Waals surface area contributed by atoms with Crippen LogP contribution in [0.25, 0.3) is 0 Å². The largest absolute Gasteiger partial charge is 0.382 e. The van der Waals surface area contributed by atoms with Gasteiger partial charge in [-0.3, -0.25) is 14.4 Å². The molecule has 0 saturated heterocycles. The zero-order chi connectivity index (χ0) is 21.1. The Bertz CT molecular complexity index is 851. The molecule has 0 fully saturated rings. The molecule has 0 aliphatic rings. The highest BCUT2D eigenvalue weighted by Gasteiger charge is 2.17. The average Bonchev–Trinajstić information content (AvgIpc) is 2.73. The van der Waals surface area contributed by atoms with Gasteiger partial charge >= 0.3 is 11.8 Å². The third-order valence-electron chi connectivity index (χ3n) is 4.28. The summed E-state index contributed by atoms with van der Waals surface area (Å²) in [6.07, 6.45) is 0.616. The maximum atomic E-state index is 12.6. The normalized spacial score (nSPS) is 10.3. The van der Waals surface area contributed by atoms with Crippen LogP contribution in [0.5, 0.6) is 0 Å². The SMILES string of the molecule is CCOCCCNC(=O)C(=O)Nc1ccccc1C(=O)NCc1ccccc1C. The number of anilines is 1.